The Labute approximate surface area is 146 Å². The fraction of sp³-hybridized carbons (Fsp3) is 0.632. The number of carbonyl (C=O) groups excluding carboxylic acids is 1. The average molecular weight is 336 g/mol. The zero-order chi connectivity index (χ0) is 18.3. The molecule has 1 amide bonds. The van der Waals surface area contributed by atoms with E-state index in [1.165, 1.54) is 0 Å². The van der Waals surface area contributed by atoms with Gasteiger partial charge in [-0.15, -0.1) is 0 Å². The number of likely N-dealkylation sites (N-methyl/N-ethyl adjacent to an activating group) is 1. The van der Waals surface area contributed by atoms with E-state index in [-0.39, 0.29) is 24.6 Å². The van der Waals surface area contributed by atoms with Crippen molar-refractivity contribution in [2.45, 2.75) is 53.2 Å². The average Bonchev–Trinajstić information content (AvgIpc) is 2.41. The Morgan fingerprint density at radius 3 is 2.33 bits per heavy atom. The number of aliphatic hydroxyl groups excluding tert-OH is 1. The van der Waals surface area contributed by atoms with Gasteiger partial charge >= 0.3 is 0 Å². The number of nitrogens with one attached hydrogen (secondary N) is 1. The molecular weight excluding hydrogens is 304 g/mol. The number of nitrogens with zero attached hydrogens (tertiary/aromatic N) is 1. The fourth-order valence-electron chi connectivity index (χ4n) is 2.53. The largest absolute Gasteiger partial charge is 0.491 e. The molecule has 0 aliphatic rings. The zero-order valence-electron chi connectivity index (χ0n) is 15.8. The van der Waals surface area contributed by atoms with Crippen LogP contribution in [0.2, 0.25) is 0 Å². The monoisotopic (exact) mass is 336 g/mol. The molecule has 0 radical (unpaired) electrons. The molecule has 5 heteroatoms. The predicted molar refractivity (Wildman–Crippen MR) is 97.4 cm³/mol. The molecule has 0 saturated carbocycles. The Hall–Kier alpha value is -1.59. The number of hydrogen-bond acceptors (Lipinski definition) is 4. The quantitative estimate of drug-likeness (QED) is 0.764. The number of carbonyl (C=O) groups is 1. The molecule has 1 atom stereocenters. The summed E-state index contributed by atoms with van der Waals surface area (Å²) in [6.07, 6.45) is -0.645. The first kappa shape index (κ1) is 20.5. The van der Waals surface area contributed by atoms with Gasteiger partial charge in [0.25, 0.3) is 0 Å². The van der Waals surface area contributed by atoms with Crippen molar-refractivity contribution in [3.05, 3.63) is 29.3 Å². The summed E-state index contributed by atoms with van der Waals surface area (Å²) < 4.78 is 5.68. The van der Waals surface area contributed by atoms with Crippen molar-refractivity contribution in [1.29, 1.82) is 0 Å². The number of benzene rings is 1. The van der Waals surface area contributed by atoms with Crippen LogP contribution in [-0.2, 0) is 4.79 Å². The Kier molecular flexibility index (Phi) is 7.70. The van der Waals surface area contributed by atoms with Gasteiger partial charge in [0.05, 0.1) is 6.54 Å². The van der Waals surface area contributed by atoms with Crippen molar-refractivity contribution in [3.63, 3.8) is 0 Å². The lowest BCUT2D eigenvalue weighted by atomic mass is 10.1. The Morgan fingerprint density at radius 2 is 1.83 bits per heavy atom. The standard InChI is InChI=1S/C19H32N2O3/c1-7-21(12-18(23)20-19(4,5)6)11-16(22)13-24-17-9-14(2)8-15(3)10-17/h8-10,16,22H,7,11-13H2,1-6H3,(H,20,23). The first-order valence-corrected chi connectivity index (χ1v) is 8.51. The number of ether oxygens (including phenoxy) is 1. The van der Waals surface area contributed by atoms with Crippen molar-refractivity contribution >= 4 is 5.91 Å². The van der Waals surface area contributed by atoms with E-state index in [0.717, 1.165) is 16.9 Å². The van der Waals surface area contributed by atoms with Gasteiger partial charge in [-0.05, 0) is 64.4 Å². The second-order valence-corrected chi connectivity index (χ2v) is 7.41. The molecule has 136 valence electrons. The van der Waals surface area contributed by atoms with Gasteiger partial charge in [0, 0.05) is 12.1 Å². The maximum atomic E-state index is 12.0. The van der Waals surface area contributed by atoms with Gasteiger partial charge < -0.3 is 15.2 Å². The smallest absolute Gasteiger partial charge is 0.234 e. The number of aliphatic hydroxyl groups is 1. The van der Waals surface area contributed by atoms with Gasteiger partial charge in [0.1, 0.15) is 18.5 Å². The van der Waals surface area contributed by atoms with E-state index in [1.807, 2.05) is 58.6 Å². The number of rotatable bonds is 8. The molecule has 1 aromatic carbocycles. The minimum atomic E-state index is -0.645. The van der Waals surface area contributed by atoms with Crippen molar-refractivity contribution in [2.24, 2.45) is 0 Å². The minimum absolute atomic E-state index is 0.0354. The van der Waals surface area contributed by atoms with Crippen molar-refractivity contribution in [3.8, 4) is 5.75 Å². The Bertz CT molecular complexity index is 518. The molecule has 24 heavy (non-hydrogen) atoms. The lowest BCUT2D eigenvalue weighted by molar-refractivity contribution is -0.124. The molecule has 1 rings (SSSR count). The Morgan fingerprint density at radius 1 is 1.25 bits per heavy atom. The Balaban J connectivity index is 2.46. The van der Waals surface area contributed by atoms with Crippen molar-refractivity contribution in [1.82, 2.24) is 10.2 Å². The molecular formula is C19H32N2O3. The van der Waals surface area contributed by atoms with E-state index in [9.17, 15) is 9.90 Å². The topological polar surface area (TPSA) is 61.8 Å². The highest BCUT2D eigenvalue weighted by Crippen LogP contribution is 2.16. The summed E-state index contributed by atoms with van der Waals surface area (Å²) in [6.45, 7) is 13.4. The molecule has 5 nitrogen and oxygen atoms in total. The molecule has 0 heterocycles. The van der Waals surface area contributed by atoms with Crippen molar-refractivity contribution < 1.29 is 14.6 Å². The third-order valence-corrected chi connectivity index (χ3v) is 3.44. The molecule has 0 spiro atoms. The molecule has 1 unspecified atom stereocenters. The molecule has 0 aliphatic carbocycles. The van der Waals surface area contributed by atoms with Crippen LogP contribution in [0.25, 0.3) is 0 Å². The van der Waals surface area contributed by atoms with Gasteiger partial charge in [-0.25, -0.2) is 0 Å². The summed E-state index contributed by atoms with van der Waals surface area (Å²) >= 11 is 0. The summed E-state index contributed by atoms with van der Waals surface area (Å²) in [5.41, 5.74) is 2.02. The molecule has 0 fully saturated rings. The third kappa shape index (κ3) is 8.31. The van der Waals surface area contributed by atoms with Gasteiger partial charge in [0.15, 0.2) is 0 Å². The highest BCUT2D eigenvalue weighted by atomic mass is 16.5. The van der Waals surface area contributed by atoms with Crippen LogP contribution in [-0.4, -0.2) is 53.8 Å². The summed E-state index contributed by atoms with van der Waals surface area (Å²) in [5, 5.41) is 13.1. The molecule has 0 aromatic heterocycles. The predicted octanol–water partition coefficient (Wildman–Crippen LogP) is 2.28. The fourth-order valence-corrected chi connectivity index (χ4v) is 2.53. The molecule has 1 aromatic rings. The molecule has 0 saturated heterocycles. The van der Waals surface area contributed by atoms with Gasteiger partial charge in [-0.2, -0.15) is 0 Å². The van der Waals surface area contributed by atoms with E-state index in [2.05, 4.69) is 11.4 Å². The maximum Gasteiger partial charge on any atom is 0.234 e. The molecule has 0 bridgehead atoms. The van der Waals surface area contributed by atoms with E-state index in [0.29, 0.717) is 13.1 Å². The maximum absolute atomic E-state index is 12.0. The second-order valence-electron chi connectivity index (χ2n) is 7.41. The molecule has 0 aliphatic heterocycles. The summed E-state index contributed by atoms with van der Waals surface area (Å²) in [7, 11) is 0. The number of aryl methyl sites for hydroxylation is 2. The summed E-state index contributed by atoms with van der Waals surface area (Å²) in [4.78, 5) is 13.9. The van der Waals surface area contributed by atoms with Crippen LogP contribution in [0.1, 0.15) is 38.8 Å². The number of hydrogen-bond donors (Lipinski definition) is 2. The van der Waals surface area contributed by atoms with Crippen molar-refractivity contribution in [2.75, 3.05) is 26.2 Å². The lowest BCUT2D eigenvalue weighted by Gasteiger charge is -2.26. The van der Waals surface area contributed by atoms with Crippen LogP contribution >= 0.6 is 0 Å². The normalized spacial score (nSPS) is 13.0. The summed E-state index contributed by atoms with van der Waals surface area (Å²) in [5.74, 6) is 0.729. The van der Waals surface area contributed by atoms with Crippen LogP contribution < -0.4 is 10.1 Å². The minimum Gasteiger partial charge on any atom is -0.491 e. The number of amides is 1. The first-order chi connectivity index (χ1) is 11.1. The van der Waals surface area contributed by atoms with Gasteiger partial charge in [-0.3, -0.25) is 9.69 Å². The van der Waals surface area contributed by atoms with Gasteiger partial charge in [0.2, 0.25) is 5.91 Å². The van der Waals surface area contributed by atoms with E-state index in [1.54, 1.807) is 0 Å². The zero-order valence-corrected chi connectivity index (χ0v) is 15.8. The van der Waals surface area contributed by atoms with Gasteiger partial charge in [-0.1, -0.05) is 13.0 Å². The second kappa shape index (κ2) is 9.04. The molecule has 2 N–H and O–H groups in total. The highest BCUT2D eigenvalue weighted by Gasteiger charge is 2.18. The third-order valence-electron chi connectivity index (χ3n) is 3.44. The highest BCUT2D eigenvalue weighted by molar-refractivity contribution is 5.78. The lowest BCUT2D eigenvalue weighted by Crippen LogP contribution is -2.47. The van der Waals surface area contributed by atoms with E-state index >= 15 is 0 Å². The first-order valence-electron chi connectivity index (χ1n) is 8.51. The SMILES string of the molecule is CCN(CC(=O)NC(C)(C)C)CC(O)COc1cc(C)cc(C)c1. The van der Waals surface area contributed by atoms with E-state index in [4.69, 9.17) is 4.74 Å². The van der Waals surface area contributed by atoms with Crippen LogP contribution in [0.3, 0.4) is 0 Å². The van der Waals surface area contributed by atoms with Crippen LogP contribution in [0.15, 0.2) is 18.2 Å². The summed E-state index contributed by atoms with van der Waals surface area (Å²) in [6, 6.07) is 5.98. The van der Waals surface area contributed by atoms with Crippen LogP contribution in [0.4, 0.5) is 0 Å². The van der Waals surface area contributed by atoms with Crippen LogP contribution in [0, 0.1) is 13.8 Å². The van der Waals surface area contributed by atoms with E-state index < -0.39 is 6.10 Å². The van der Waals surface area contributed by atoms with Crippen LogP contribution in [0.5, 0.6) is 5.75 Å².